The largest absolute Gasteiger partial charge is 0.372 e. The number of halogens is 1. The van der Waals surface area contributed by atoms with Crippen LogP contribution >= 0.6 is 34.8 Å². The molecule has 1 rings (SSSR count). The van der Waals surface area contributed by atoms with Crippen LogP contribution in [0.15, 0.2) is 18.2 Å². The number of hydrogen-bond acceptors (Lipinski definition) is 4. The van der Waals surface area contributed by atoms with E-state index in [0.717, 1.165) is 9.13 Å². The van der Waals surface area contributed by atoms with E-state index in [0.29, 0.717) is 12.2 Å². The van der Waals surface area contributed by atoms with Crippen LogP contribution in [-0.4, -0.2) is 30.1 Å². The second-order valence-corrected chi connectivity index (χ2v) is 5.63. The summed E-state index contributed by atoms with van der Waals surface area (Å²) in [5, 5.41) is 2.49. The van der Waals surface area contributed by atoms with E-state index in [1.165, 1.54) is 0 Å². The maximum Gasteiger partial charge on any atom is 0.264 e. The summed E-state index contributed by atoms with van der Waals surface area (Å²) >= 11 is 7.08. The van der Waals surface area contributed by atoms with Crippen molar-refractivity contribution in [2.24, 2.45) is 0 Å². The highest BCUT2D eigenvalue weighted by Gasteiger charge is 2.09. The van der Waals surface area contributed by atoms with Crippen LogP contribution in [0, 0.1) is 10.5 Å². The van der Waals surface area contributed by atoms with Crippen LogP contribution in [0.1, 0.15) is 22.8 Å². The van der Waals surface area contributed by atoms with Gasteiger partial charge in [-0.05, 0) is 66.4 Å². The van der Waals surface area contributed by atoms with Gasteiger partial charge in [-0.1, -0.05) is 6.07 Å². The number of hydrazine groups is 1. The second-order valence-electron chi connectivity index (χ2n) is 4.06. The fraction of sp³-hybridized carbons (Fsp3) is 0.308. The Morgan fingerprint density at radius 2 is 2.05 bits per heavy atom. The zero-order valence-electron chi connectivity index (χ0n) is 11.7. The van der Waals surface area contributed by atoms with Gasteiger partial charge in [-0.3, -0.25) is 25.8 Å². The molecule has 0 saturated heterocycles. The van der Waals surface area contributed by atoms with E-state index in [-0.39, 0.29) is 23.5 Å². The summed E-state index contributed by atoms with van der Waals surface area (Å²) in [6.45, 7) is 4.12. The van der Waals surface area contributed by atoms with Gasteiger partial charge in [-0.2, -0.15) is 0 Å². The molecule has 0 aromatic heterocycles. The minimum absolute atomic E-state index is 0.0143. The number of hydrogen-bond donors (Lipinski definition) is 3. The molecule has 21 heavy (non-hydrogen) atoms. The van der Waals surface area contributed by atoms with Crippen LogP contribution in [0.5, 0.6) is 0 Å². The summed E-state index contributed by atoms with van der Waals surface area (Å²) in [6, 6.07) is 5.33. The van der Waals surface area contributed by atoms with Gasteiger partial charge < -0.3 is 4.74 Å². The molecule has 0 saturated carbocycles. The van der Waals surface area contributed by atoms with Crippen molar-refractivity contribution in [3.8, 4) is 0 Å². The van der Waals surface area contributed by atoms with Gasteiger partial charge in [0.25, 0.3) is 11.8 Å². The summed E-state index contributed by atoms with van der Waals surface area (Å²) in [7, 11) is 0. The van der Waals surface area contributed by atoms with Gasteiger partial charge >= 0.3 is 0 Å². The molecule has 2 amide bonds. The topological polar surface area (TPSA) is 79.5 Å². The van der Waals surface area contributed by atoms with Crippen LogP contribution < -0.4 is 16.2 Å². The van der Waals surface area contributed by atoms with E-state index in [9.17, 15) is 9.59 Å². The van der Waals surface area contributed by atoms with Gasteiger partial charge in [0.15, 0.2) is 5.11 Å². The molecule has 0 fully saturated rings. The predicted octanol–water partition coefficient (Wildman–Crippen LogP) is 1.27. The SMILES string of the molecule is CCOCC(=O)NNC(=S)NC(=O)c1ccc(C)c(I)c1. The Bertz CT molecular complexity index is 551. The van der Waals surface area contributed by atoms with Crippen LogP contribution in [0.2, 0.25) is 0 Å². The molecule has 0 aliphatic heterocycles. The molecule has 0 radical (unpaired) electrons. The van der Waals surface area contributed by atoms with Gasteiger partial charge in [0.05, 0.1) is 0 Å². The van der Waals surface area contributed by atoms with E-state index in [2.05, 4.69) is 38.8 Å². The molecular formula is C13H16IN3O3S. The Morgan fingerprint density at radius 3 is 2.67 bits per heavy atom. The Labute approximate surface area is 142 Å². The van der Waals surface area contributed by atoms with E-state index >= 15 is 0 Å². The number of carbonyl (C=O) groups excluding carboxylic acids is 2. The number of nitrogens with one attached hydrogen (secondary N) is 3. The molecular weight excluding hydrogens is 405 g/mol. The Kier molecular flexibility index (Phi) is 7.54. The lowest BCUT2D eigenvalue weighted by atomic mass is 10.1. The first-order valence-electron chi connectivity index (χ1n) is 6.18. The molecule has 0 aliphatic rings. The van der Waals surface area contributed by atoms with Crippen molar-refractivity contribution in [1.82, 2.24) is 16.2 Å². The number of carbonyl (C=O) groups is 2. The molecule has 8 heteroatoms. The fourth-order valence-electron chi connectivity index (χ4n) is 1.30. The van der Waals surface area contributed by atoms with Crippen molar-refractivity contribution in [2.45, 2.75) is 13.8 Å². The Hall–Kier alpha value is -1.26. The molecule has 0 atom stereocenters. The van der Waals surface area contributed by atoms with Gasteiger partial charge in [0.1, 0.15) is 6.61 Å². The molecule has 114 valence electrons. The molecule has 0 spiro atoms. The van der Waals surface area contributed by atoms with Crippen molar-refractivity contribution in [3.63, 3.8) is 0 Å². The standard InChI is InChI=1S/C13H16IN3O3S/c1-3-20-7-11(18)16-17-13(21)15-12(19)9-5-4-8(2)10(14)6-9/h4-6H,3,7H2,1-2H3,(H,16,18)(H2,15,17,19,21). The zero-order valence-corrected chi connectivity index (χ0v) is 14.6. The first kappa shape index (κ1) is 17.8. The number of thiocarbonyl (C=S) groups is 1. The molecule has 6 nitrogen and oxygen atoms in total. The summed E-state index contributed by atoms with van der Waals surface area (Å²) in [4.78, 5) is 23.2. The highest BCUT2D eigenvalue weighted by molar-refractivity contribution is 14.1. The van der Waals surface area contributed by atoms with E-state index in [1.807, 2.05) is 13.0 Å². The quantitative estimate of drug-likeness (QED) is 0.388. The van der Waals surface area contributed by atoms with Crippen LogP contribution in [-0.2, 0) is 9.53 Å². The van der Waals surface area contributed by atoms with Gasteiger partial charge in [-0.15, -0.1) is 0 Å². The van der Waals surface area contributed by atoms with Crippen molar-refractivity contribution in [3.05, 3.63) is 32.9 Å². The predicted molar refractivity (Wildman–Crippen MR) is 91.7 cm³/mol. The highest BCUT2D eigenvalue weighted by Crippen LogP contribution is 2.13. The fourth-order valence-corrected chi connectivity index (χ4v) is 1.96. The van der Waals surface area contributed by atoms with Gasteiger partial charge in [-0.25, -0.2) is 0 Å². The van der Waals surface area contributed by atoms with Crippen molar-refractivity contribution >= 4 is 51.7 Å². The van der Waals surface area contributed by atoms with E-state index in [4.69, 9.17) is 17.0 Å². The number of amides is 2. The average molecular weight is 421 g/mol. The summed E-state index contributed by atoms with van der Waals surface area (Å²) in [5.41, 5.74) is 6.35. The summed E-state index contributed by atoms with van der Waals surface area (Å²) < 4.78 is 5.91. The smallest absolute Gasteiger partial charge is 0.264 e. The van der Waals surface area contributed by atoms with Crippen molar-refractivity contribution in [2.75, 3.05) is 13.2 Å². The monoisotopic (exact) mass is 421 g/mol. The second kappa shape index (κ2) is 8.90. The maximum atomic E-state index is 12.0. The lowest BCUT2D eigenvalue weighted by Crippen LogP contribution is -2.49. The van der Waals surface area contributed by atoms with Crippen LogP contribution in [0.3, 0.4) is 0 Å². The molecule has 3 N–H and O–H groups in total. The zero-order chi connectivity index (χ0) is 15.8. The minimum Gasteiger partial charge on any atom is -0.372 e. The molecule has 0 aliphatic carbocycles. The molecule has 0 unspecified atom stereocenters. The number of ether oxygens (including phenoxy) is 1. The Balaban J connectivity index is 2.45. The van der Waals surface area contributed by atoms with E-state index < -0.39 is 0 Å². The summed E-state index contributed by atoms with van der Waals surface area (Å²) in [6.07, 6.45) is 0. The third-order valence-corrected chi connectivity index (χ3v) is 3.78. The third-order valence-electron chi connectivity index (χ3n) is 2.41. The molecule has 0 bridgehead atoms. The average Bonchev–Trinajstić information content (AvgIpc) is 2.45. The van der Waals surface area contributed by atoms with E-state index in [1.54, 1.807) is 19.1 Å². The van der Waals surface area contributed by atoms with Crippen LogP contribution in [0.25, 0.3) is 0 Å². The van der Waals surface area contributed by atoms with Crippen molar-refractivity contribution in [1.29, 1.82) is 0 Å². The molecule has 1 aromatic carbocycles. The maximum absolute atomic E-state index is 12.0. The minimum atomic E-state index is -0.377. The number of benzene rings is 1. The third kappa shape index (κ3) is 6.36. The first-order valence-corrected chi connectivity index (χ1v) is 7.66. The van der Waals surface area contributed by atoms with Crippen molar-refractivity contribution < 1.29 is 14.3 Å². The molecule has 0 heterocycles. The highest BCUT2D eigenvalue weighted by atomic mass is 127. The van der Waals surface area contributed by atoms with Crippen LogP contribution in [0.4, 0.5) is 0 Å². The number of rotatable bonds is 4. The normalized spacial score (nSPS) is 9.86. The number of aryl methyl sites for hydroxylation is 1. The van der Waals surface area contributed by atoms with Gasteiger partial charge in [0.2, 0.25) is 0 Å². The lowest BCUT2D eigenvalue weighted by Gasteiger charge is -2.11. The lowest BCUT2D eigenvalue weighted by molar-refractivity contribution is -0.126. The molecule has 1 aromatic rings. The summed E-state index contributed by atoms with van der Waals surface area (Å²) in [5.74, 6) is -0.720. The first-order chi connectivity index (χ1) is 9.93. The Morgan fingerprint density at radius 1 is 1.33 bits per heavy atom. The van der Waals surface area contributed by atoms with Gasteiger partial charge in [0, 0.05) is 15.7 Å².